The average molecular weight is 416 g/mol. The number of thiazole rings is 1. The van der Waals surface area contributed by atoms with Crippen LogP contribution in [0.4, 0.5) is 10.3 Å². The van der Waals surface area contributed by atoms with Crippen LogP contribution in [0.15, 0.2) is 40.5 Å². The third kappa shape index (κ3) is 3.66. The van der Waals surface area contributed by atoms with Gasteiger partial charge in [0.05, 0.1) is 11.4 Å². The summed E-state index contributed by atoms with van der Waals surface area (Å²) in [6.07, 6.45) is 1.87. The first-order chi connectivity index (χ1) is 13.5. The molecule has 0 fully saturated rings. The summed E-state index contributed by atoms with van der Waals surface area (Å²) in [5.74, 6) is 0.0924. The predicted octanol–water partition coefficient (Wildman–Crippen LogP) is 2.80. The zero-order valence-electron chi connectivity index (χ0n) is 14.5. The van der Waals surface area contributed by atoms with E-state index in [2.05, 4.69) is 25.4 Å². The number of benzene rings is 1. The molecule has 0 spiro atoms. The Bertz CT molecular complexity index is 1210. The van der Waals surface area contributed by atoms with Crippen molar-refractivity contribution in [3.63, 3.8) is 0 Å². The summed E-state index contributed by atoms with van der Waals surface area (Å²) in [6, 6.07) is 7.14. The molecule has 4 rings (SSSR count). The molecule has 0 radical (unpaired) electrons. The minimum absolute atomic E-state index is 0.00953. The molecule has 2 N–H and O–H groups in total. The Morgan fingerprint density at radius 2 is 2.11 bits per heavy atom. The van der Waals surface area contributed by atoms with Gasteiger partial charge in [0.15, 0.2) is 0 Å². The average Bonchev–Trinajstić information content (AvgIpc) is 3.22. The topological polar surface area (TPSA) is 105 Å². The Kier molecular flexibility index (Phi) is 4.92. The molecule has 0 saturated carbocycles. The number of halogens is 1. The summed E-state index contributed by atoms with van der Waals surface area (Å²) < 4.78 is 14.7. The molecule has 0 aliphatic carbocycles. The van der Waals surface area contributed by atoms with Crippen molar-refractivity contribution in [3.05, 3.63) is 63.4 Å². The first kappa shape index (κ1) is 18.3. The summed E-state index contributed by atoms with van der Waals surface area (Å²) in [7, 11) is 0. The molecule has 1 amide bonds. The second kappa shape index (κ2) is 7.52. The molecule has 28 heavy (non-hydrogen) atoms. The number of carbonyl (C=O) groups is 1. The number of fused-ring (bicyclic) bond motifs is 1. The van der Waals surface area contributed by atoms with Gasteiger partial charge in [-0.15, -0.1) is 16.4 Å². The van der Waals surface area contributed by atoms with E-state index in [1.807, 2.05) is 11.6 Å². The fourth-order valence-corrected chi connectivity index (χ4v) is 3.79. The summed E-state index contributed by atoms with van der Waals surface area (Å²) in [6.45, 7) is 0. The third-order valence-corrected chi connectivity index (χ3v) is 5.13. The van der Waals surface area contributed by atoms with Crippen molar-refractivity contribution in [2.24, 2.45) is 0 Å². The lowest BCUT2D eigenvalue weighted by Crippen LogP contribution is -2.20. The second-order valence-corrected chi connectivity index (χ2v) is 7.42. The van der Waals surface area contributed by atoms with Gasteiger partial charge in [-0.25, -0.2) is 13.9 Å². The molecule has 0 aliphatic heterocycles. The van der Waals surface area contributed by atoms with Crippen LogP contribution in [0, 0.1) is 5.82 Å². The van der Waals surface area contributed by atoms with Gasteiger partial charge in [-0.05, 0) is 30.5 Å². The maximum atomic E-state index is 13.1. The maximum Gasteiger partial charge on any atom is 0.276 e. The van der Waals surface area contributed by atoms with Crippen LogP contribution < -0.4 is 10.9 Å². The van der Waals surface area contributed by atoms with Gasteiger partial charge in [0.2, 0.25) is 4.96 Å². The van der Waals surface area contributed by atoms with Crippen molar-refractivity contribution in [1.29, 1.82) is 0 Å². The Morgan fingerprint density at radius 1 is 1.32 bits per heavy atom. The van der Waals surface area contributed by atoms with Gasteiger partial charge in [0.1, 0.15) is 17.3 Å². The molecule has 0 atom stereocenters. The van der Waals surface area contributed by atoms with Crippen molar-refractivity contribution in [1.82, 2.24) is 24.6 Å². The van der Waals surface area contributed by atoms with Crippen molar-refractivity contribution in [2.75, 3.05) is 11.6 Å². The SMILES string of the molecule is CSCc1nc(C(=O)Nc2nc3scc(-c4ccc(F)cc4)n3n2)cc(=O)[nH]1. The zero-order chi connectivity index (χ0) is 19.7. The van der Waals surface area contributed by atoms with Gasteiger partial charge in [-0.2, -0.15) is 16.7 Å². The number of aromatic nitrogens is 5. The molecule has 8 nitrogen and oxygen atoms in total. The van der Waals surface area contributed by atoms with Gasteiger partial charge in [-0.1, -0.05) is 0 Å². The third-order valence-electron chi connectivity index (χ3n) is 3.75. The van der Waals surface area contributed by atoms with Crippen LogP contribution in [0.1, 0.15) is 16.3 Å². The molecule has 0 saturated heterocycles. The highest BCUT2D eigenvalue weighted by molar-refractivity contribution is 7.97. The number of hydrogen-bond donors (Lipinski definition) is 2. The van der Waals surface area contributed by atoms with E-state index in [1.54, 1.807) is 16.6 Å². The van der Waals surface area contributed by atoms with Gasteiger partial charge in [0, 0.05) is 17.0 Å². The molecule has 0 aliphatic rings. The fraction of sp³-hybridized carbons (Fsp3) is 0.118. The Balaban J connectivity index is 1.61. The number of carbonyl (C=O) groups excluding carboxylic acids is 1. The molecule has 4 aromatic rings. The number of thioether (sulfide) groups is 1. The van der Waals surface area contributed by atoms with E-state index >= 15 is 0 Å². The molecular weight excluding hydrogens is 403 g/mol. The van der Waals surface area contributed by atoms with E-state index < -0.39 is 11.5 Å². The standard InChI is InChI=1S/C17H13FN6O2S2/c1-27-8-13-19-11(6-14(25)20-13)15(26)21-16-22-17-24(23-16)12(7-28-17)9-2-4-10(18)5-3-9/h2-7H,8H2,1H3,(H,19,20,25)(H,21,23,26). The summed E-state index contributed by atoms with van der Waals surface area (Å²) in [5, 5.41) is 8.70. The van der Waals surface area contributed by atoms with Crippen LogP contribution in [-0.4, -0.2) is 36.7 Å². The lowest BCUT2D eigenvalue weighted by atomic mass is 10.2. The van der Waals surface area contributed by atoms with E-state index in [4.69, 9.17) is 0 Å². The maximum absolute atomic E-state index is 13.1. The molecule has 0 unspecified atom stereocenters. The fourth-order valence-electron chi connectivity index (χ4n) is 2.55. The normalized spacial score (nSPS) is 11.1. The van der Waals surface area contributed by atoms with Crippen molar-refractivity contribution < 1.29 is 9.18 Å². The van der Waals surface area contributed by atoms with E-state index in [9.17, 15) is 14.0 Å². The monoisotopic (exact) mass is 416 g/mol. The van der Waals surface area contributed by atoms with Gasteiger partial charge < -0.3 is 4.98 Å². The number of amides is 1. The summed E-state index contributed by atoms with van der Waals surface area (Å²) in [4.78, 5) is 35.7. The lowest BCUT2D eigenvalue weighted by Gasteiger charge is -2.03. The molecule has 0 bridgehead atoms. The number of nitrogens with zero attached hydrogens (tertiary/aromatic N) is 4. The van der Waals surface area contributed by atoms with E-state index in [-0.39, 0.29) is 17.5 Å². The molecular formula is C17H13FN6O2S2. The quantitative estimate of drug-likeness (QED) is 0.518. The Morgan fingerprint density at radius 3 is 2.86 bits per heavy atom. The van der Waals surface area contributed by atoms with Crippen LogP contribution in [0.25, 0.3) is 16.2 Å². The van der Waals surface area contributed by atoms with E-state index in [1.165, 1.54) is 35.2 Å². The lowest BCUT2D eigenvalue weighted by molar-refractivity contribution is 0.102. The predicted molar refractivity (Wildman–Crippen MR) is 106 cm³/mol. The van der Waals surface area contributed by atoms with Crippen molar-refractivity contribution in [2.45, 2.75) is 5.75 Å². The van der Waals surface area contributed by atoms with Crippen molar-refractivity contribution in [3.8, 4) is 11.3 Å². The number of nitrogens with one attached hydrogen (secondary N) is 2. The first-order valence-corrected chi connectivity index (χ1v) is 10.3. The first-order valence-electron chi connectivity index (χ1n) is 8.04. The number of anilines is 1. The summed E-state index contributed by atoms with van der Waals surface area (Å²) >= 11 is 2.82. The van der Waals surface area contributed by atoms with Gasteiger partial charge in [-0.3, -0.25) is 14.9 Å². The van der Waals surface area contributed by atoms with Gasteiger partial charge >= 0.3 is 0 Å². The Labute approximate surface area is 165 Å². The van der Waals surface area contributed by atoms with Crippen LogP contribution in [0.5, 0.6) is 0 Å². The highest BCUT2D eigenvalue weighted by Crippen LogP contribution is 2.26. The highest BCUT2D eigenvalue weighted by Gasteiger charge is 2.16. The molecule has 1 aromatic carbocycles. The second-order valence-electron chi connectivity index (χ2n) is 5.72. The van der Waals surface area contributed by atoms with Crippen molar-refractivity contribution >= 4 is 39.9 Å². The minimum atomic E-state index is -0.574. The van der Waals surface area contributed by atoms with E-state index in [0.717, 1.165) is 17.3 Å². The number of hydrogen-bond acceptors (Lipinski definition) is 7. The van der Waals surface area contributed by atoms with E-state index in [0.29, 0.717) is 16.5 Å². The molecule has 3 heterocycles. The van der Waals surface area contributed by atoms with Crippen LogP contribution in [0.2, 0.25) is 0 Å². The summed E-state index contributed by atoms with van der Waals surface area (Å²) in [5.41, 5.74) is 1.09. The minimum Gasteiger partial charge on any atom is -0.310 e. The number of H-pyrrole nitrogens is 1. The van der Waals surface area contributed by atoms with Crippen LogP contribution in [0.3, 0.4) is 0 Å². The molecule has 11 heteroatoms. The molecule has 142 valence electrons. The van der Waals surface area contributed by atoms with Gasteiger partial charge in [0.25, 0.3) is 17.4 Å². The number of rotatable bonds is 5. The Hall–Kier alpha value is -3.05. The van der Waals surface area contributed by atoms with Crippen LogP contribution >= 0.6 is 23.1 Å². The van der Waals surface area contributed by atoms with Crippen LogP contribution in [-0.2, 0) is 5.75 Å². The molecule has 3 aromatic heterocycles. The number of aromatic amines is 1. The zero-order valence-corrected chi connectivity index (χ0v) is 16.1. The highest BCUT2D eigenvalue weighted by atomic mass is 32.2. The smallest absolute Gasteiger partial charge is 0.276 e. The largest absolute Gasteiger partial charge is 0.310 e.